The number of rotatable bonds is 2. The summed E-state index contributed by atoms with van der Waals surface area (Å²) >= 11 is 1.77. The van der Waals surface area contributed by atoms with Gasteiger partial charge in [-0.3, -0.25) is 4.79 Å². The standard InChI is InChI=1S/C25H28N2O2S/c1-25(2,3)15-10-11-17-19(13-15)30-24-21(17)23(28)26-22(27-24)20-16-8-6-5-7-14(16)9-12-18(20)29-4/h5-9,12,15,22,27H,10-11,13H2,1-4H3,(H,26,28)/t15-,22+/m1/s1. The van der Waals surface area contributed by atoms with Gasteiger partial charge in [-0.1, -0.05) is 51.1 Å². The smallest absolute Gasteiger partial charge is 0.256 e. The molecule has 0 bridgehead atoms. The molecule has 0 saturated heterocycles. The molecule has 4 nitrogen and oxygen atoms in total. The van der Waals surface area contributed by atoms with Gasteiger partial charge in [-0.05, 0) is 53.0 Å². The maximum atomic E-state index is 13.2. The maximum absolute atomic E-state index is 13.2. The Morgan fingerprint density at radius 3 is 2.67 bits per heavy atom. The molecule has 0 spiro atoms. The van der Waals surface area contributed by atoms with Crippen LogP contribution in [0.5, 0.6) is 5.75 Å². The lowest BCUT2D eigenvalue weighted by Crippen LogP contribution is -2.38. The molecule has 1 aromatic heterocycles. The van der Waals surface area contributed by atoms with Crippen molar-refractivity contribution in [3.63, 3.8) is 0 Å². The zero-order valence-corrected chi connectivity index (χ0v) is 18.8. The Bertz CT molecular complexity index is 1140. The first kappa shape index (κ1) is 19.4. The second-order valence-electron chi connectivity index (χ2n) is 9.47. The zero-order valence-electron chi connectivity index (χ0n) is 18.0. The number of carbonyl (C=O) groups is 1. The van der Waals surface area contributed by atoms with Crippen LogP contribution in [0.4, 0.5) is 5.00 Å². The van der Waals surface area contributed by atoms with E-state index in [-0.39, 0.29) is 17.5 Å². The van der Waals surface area contributed by atoms with Crippen LogP contribution in [-0.2, 0) is 12.8 Å². The monoisotopic (exact) mass is 420 g/mol. The Morgan fingerprint density at radius 2 is 1.90 bits per heavy atom. The van der Waals surface area contributed by atoms with Crippen molar-refractivity contribution in [2.75, 3.05) is 12.4 Å². The third-order valence-corrected chi connectivity index (χ3v) is 7.89. The second-order valence-corrected chi connectivity index (χ2v) is 10.6. The van der Waals surface area contributed by atoms with Crippen molar-refractivity contribution in [2.45, 2.75) is 46.2 Å². The van der Waals surface area contributed by atoms with Crippen molar-refractivity contribution in [2.24, 2.45) is 11.3 Å². The molecular formula is C25H28N2O2S. The number of carbonyl (C=O) groups excluding carboxylic acids is 1. The van der Waals surface area contributed by atoms with Gasteiger partial charge in [-0.15, -0.1) is 11.3 Å². The Labute approximate surface area is 181 Å². The third-order valence-electron chi connectivity index (χ3n) is 6.71. The van der Waals surface area contributed by atoms with Gasteiger partial charge in [-0.2, -0.15) is 0 Å². The summed E-state index contributed by atoms with van der Waals surface area (Å²) in [5.41, 5.74) is 3.38. The van der Waals surface area contributed by atoms with E-state index in [4.69, 9.17) is 4.74 Å². The van der Waals surface area contributed by atoms with Gasteiger partial charge in [0.15, 0.2) is 0 Å². The van der Waals surface area contributed by atoms with Gasteiger partial charge in [0.05, 0.1) is 12.7 Å². The summed E-state index contributed by atoms with van der Waals surface area (Å²) in [5, 5.41) is 10.1. The number of hydrogen-bond acceptors (Lipinski definition) is 4. The Hall–Kier alpha value is -2.53. The van der Waals surface area contributed by atoms with E-state index in [0.29, 0.717) is 5.92 Å². The highest BCUT2D eigenvalue weighted by atomic mass is 32.1. The minimum atomic E-state index is -0.315. The normalized spacial score (nSPS) is 20.9. The number of hydrogen-bond donors (Lipinski definition) is 2. The van der Waals surface area contributed by atoms with Gasteiger partial charge in [0.1, 0.15) is 16.9 Å². The summed E-state index contributed by atoms with van der Waals surface area (Å²) < 4.78 is 5.67. The van der Waals surface area contributed by atoms with Crippen molar-refractivity contribution in [3.05, 3.63) is 58.0 Å². The van der Waals surface area contributed by atoms with Gasteiger partial charge in [0.25, 0.3) is 5.91 Å². The highest BCUT2D eigenvalue weighted by Gasteiger charge is 2.37. The predicted octanol–water partition coefficient (Wildman–Crippen LogP) is 5.92. The van der Waals surface area contributed by atoms with E-state index >= 15 is 0 Å². The molecule has 1 aliphatic heterocycles. The number of benzene rings is 2. The topological polar surface area (TPSA) is 50.4 Å². The summed E-state index contributed by atoms with van der Waals surface area (Å²) in [6, 6.07) is 12.3. The fourth-order valence-electron chi connectivity index (χ4n) is 4.93. The number of amides is 1. The van der Waals surface area contributed by atoms with E-state index in [9.17, 15) is 4.79 Å². The Kier molecular flexibility index (Phi) is 4.55. The van der Waals surface area contributed by atoms with Crippen LogP contribution >= 0.6 is 11.3 Å². The SMILES string of the molecule is COc1ccc2ccccc2c1[C@H]1NC(=O)c2c(sc3c2CC[C@@H](C(C)(C)C)C3)N1. The molecule has 0 saturated carbocycles. The summed E-state index contributed by atoms with van der Waals surface area (Å²) in [6.45, 7) is 6.97. The van der Waals surface area contributed by atoms with Crippen LogP contribution in [0.2, 0.25) is 0 Å². The quantitative estimate of drug-likeness (QED) is 0.541. The van der Waals surface area contributed by atoms with E-state index < -0.39 is 0 Å². The molecule has 2 aliphatic rings. The van der Waals surface area contributed by atoms with Crippen LogP contribution in [-0.4, -0.2) is 13.0 Å². The van der Waals surface area contributed by atoms with E-state index in [0.717, 1.165) is 51.9 Å². The molecular weight excluding hydrogens is 392 g/mol. The molecule has 2 aromatic carbocycles. The number of nitrogens with one attached hydrogen (secondary N) is 2. The number of anilines is 1. The summed E-state index contributed by atoms with van der Waals surface area (Å²) in [6.07, 6.45) is 2.88. The minimum Gasteiger partial charge on any atom is -0.496 e. The van der Waals surface area contributed by atoms with Crippen LogP contribution in [0.3, 0.4) is 0 Å². The highest BCUT2D eigenvalue weighted by molar-refractivity contribution is 7.16. The van der Waals surface area contributed by atoms with Crippen LogP contribution in [0.1, 0.15) is 59.7 Å². The summed E-state index contributed by atoms with van der Waals surface area (Å²) in [4.78, 5) is 14.6. The molecule has 30 heavy (non-hydrogen) atoms. The average molecular weight is 421 g/mol. The molecule has 156 valence electrons. The first-order chi connectivity index (χ1) is 14.4. The van der Waals surface area contributed by atoms with Gasteiger partial charge in [-0.25, -0.2) is 0 Å². The highest BCUT2D eigenvalue weighted by Crippen LogP contribution is 2.47. The molecule has 2 N–H and O–H groups in total. The average Bonchev–Trinajstić information content (AvgIpc) is 3.10. The maximum Gasteiger partial charge on any atom is 0.256 e. The van der Waals surface area contributed by atoms with Gasteiger partial charge in [0.2, 0.25) is 0 Å². The molecule has 0 fully saturated rings. The lowest BCUT2D eigenvalue weighted by atomic mass is 9.72. The first-order valence-corrected chi connectivity index (χ1v) is 11.5. The molecule has 5 heteroatoms. The largest absolute Gasteiger partial charge is 0.496 e. The number of thiophene rings is 1. The Balaban J connectivity index is 1.56. The van der Waals surface area contributed by atoms with Crippen molar-refractivity contribution >= 4 is 33.0 Å². The zero-order chi connectivity index (χ0) is 21.0. The van der Waals surface area contributed by atoms with E-state index in [2.05, 4.69) is 49.6 Å². The fraction of sp³-hybridized carbons (Fsp3) is 0.400. The van der Waals surface area contributed by atoms with Crippen LogP contribution < -0.4 is 15.4 Å². The summed E-state index contributed by atoms with van der Waals surface area (Å²) in [7, 11) is 1.68. The minimum absolute atomic E-state index is 0.0236. The lowest BCUT2D eigenvalue weighted by molar-refractivity contribution is 0.0934. The molecule has 0 unspecified atom stereocenters. The Morgan fingerprint density at radius 1 is 1.10 bits per heavy atom. The van der Waals surface area contributed by atoms with Crippen molar-refractivity contribution < 1.29 is 9.53 Å². The molecule has 3 aromatic rings. The van der Waals surface area contributed by atoms with Crippen molar-refractivity contribution in [1.82, 2.24) is 5.32 Å². The molecule has 2 heterocycles. The van der Waals surface area contributed by atoms with E-state index in [1.165, 1.54) is 10.4 Å². The predicted molar refractivity (Wildman–Crippen MR) is 124 cm³/mol. The van der Waals surface area contributed by atoms with Crippen molar-refractivity contribution in [1.29, 1.82) is 0 Å². The molecule has 2 atom stereocenters. The van der Waals surface area contributed by atoms with Crippen LogP contribution in [0.15, 0.2) is 36.4 Å². The third kappa shape index (κ3) is 3.07. The van der Waals surface area contributed by atoms with Crippen molar-refractivity contribution in [3.8, 4) is 5.75 Å². The number of methoxy groups -OCH3 is 1. The van der Waals surface area contributed by atoms with Gasteiger partial charge >= 0.3 is 0 Å². The second kappa shape index (κ2) is 7.02. The molecule has 5 rings (SSSR count). The van der Waals surface area contributed by atoms with Crippen LogP contribution in [0, 0.1) is 11.3 Å². The van der Waals surface area contributed by atoms with Crippen LogP contribution in [0.25, 0.3) is 10.8 Å². The molecule has 0 radical (unpaired) electrons. The molecule has 1 aliphatic carbocycles. The lowest BCUT2D eigenvalue weighted by Gasteiger charge is -2.34. The van der Waals surface area contributed by atoms with E-state index in [1.807, 2.05) is 18.2 Å². The van der Waals surface area contributed by atoms with Gasteiger partial charge < -0.3 is 15.4 Å². The van der Waals surface area contributed by atoms with E-state index in [1.54, 1.807) is 18.4 Å². The molecule has 1 amide bonds. The number of fused-ring (bicyclic) bond motifs is 4. The number of ether oxygens (including phenoxy) is 1. The van der Waals surface area contributed by atoms with Gasteiger partial charge in [0, 0.05) is 10.4 Å². The fourth-order valence-corrected chi connectivity index (χ4v) is 6.29. The summed E-state index contributed by atoms with van der Waals surface area (Å²) in [5.74, 6) is 1.46. The first-order valence-electron chi connectivity index (χ1n) is 10.6.